The van der Waals surface area contributed by atoms with Crippen molar-refractivity contribution in [1.29, 1.82) is 0 Å². The summed E-state index contributed by atoms with van der Waals surface area (Å²) in [5, 5.41) is 0. The Bertz CT molecular complexity index is 712. The van der Waals surface area contributed by atoms with Crippen LogP contribution in [0.1, 0.15) is 38.8 Å². The van der Waals surface area contributed by atoms with Gasteiger partial charge in [0.2, 0.25) is 0 Å². The quantitative estimate of drug-likeness (QED) is 0.490. The number of Topliss-reactive ketones (excluding diaryl/α,β-unsaturated/α-hetero) is 1. The molecule has 0 N–H and O–H groups in total. The number of benzene rings is 2. The lowest BCUT2D eigenvalue weighted by Gasteiger charge is -2.11. The Morgan fingerprint density at radius 1 is 0.864 bits per heavy atom. The van der Waals surface area contributed by atoms with Crippen molar-refractivity contribution in [2.45, 2.75) is 20.8 Å². The van der Waals surface area contributed by atoms with Crippen LogP contribution >= 0.6 is 0 Å². The van der Waals surface area contributed by atoms with Gasteiger partial charge in [-0.2, -0.15) is 0 Å². The molecule has 22 heavy (non-hydrogen) atoms. The Kier molecular flexibility index (Phi) is 4.61. The number of carbonyl (C=O) groups is 2. The molecule has 0 amide bonds. The zero-order valence-electron chi connectivity index (χ0n) is 13.1. The van der Waals surface area contributed by atoms with Crippen LogP contribution < -0.4 is 9.47 Å². The number of hydrogen-bond donors (Lipinski definition) is 0. The van der Waals surface area contributed by atoms with Gasteiger partial charge in [0.15, 0.2) is 17.3 Å². The van der Waals surface area contributed by atoms with Crippen LogP contribution in [0.25, 0.3) is 0 Å². The number of ketones is 1. The first kappa shape index (κ1) is 15.8. The molecule has 0 unspecified atom stereocenters. The topological polar surface area (TPSA) is 52.6 Å². The zero-order chi connectivity index (χ0) is 16.3. The van der Waals surface area contributed by atoms with Crippen LogP contribution in [0.2, 0.25) is 0 Å². The summed E-state index contributed by atoms with van der Waals surface area (Å²) < 4.78 is 10.6. The van der Waals surface area contributed by atoms with Gasteiger partial charge in [0, 0.05) is 5.56 Å². The number of carbonyl (C=O) groups excluding carboxylic acids is 2. The molecule has 4 heteroatoms. The van der Waals surface area contributed by atoms with Crippen molar-refractivity contribution >= 4 is 11.8 Å². The van der Waals surface area contributed by atoms with Gasteiger partial charge in [-0.05, 0) is 51.1 Å². The second-order valence-corrected chi connectivity index (χ2v) is 5.19. The number of ether oxygens (including phenoxy) is 2. The van der Waals surface area contributed by atoms with Crippen LogP contribution in [-0.4, -0.2) is 18.9 Å². The van der Waals surface area contributed by atoms with E-state index in [4.69, 9.17) is 9.47 Å². The molecule has 4 nitrogen and oxygen atoms in total. The van der Waals surface area contributed by atoms with Crippen molar-refractivity contribution in [3.05, 3.63) is 58.7 Å². The fourth-order valence-electron chi connectivity index (χ4n) is 2.22. The Morgan fingerprint density at radius 3 is 2.05 bits per heavy atom. The molecule has 114 valence electrons. The van der Waals surface area contributed by atoms with Gasteiger partial charge in [-0.25, -0.2) is 4.79 Å². The average molecular weight is 298 g/mol. The predicted molar refractivity (Wildman–Crippen MR) is 83.9 cm³/mol. The molecular weight excluding hydrogens is 280 g/mol. The van der Waals surface area contributed by atoms with Crippen molar-refractivity contribution in [3.63, 3.8) is 0 Å². The Labute approximate surface area is 129 Å². The lowest BCUT2D eigenvalue weighted by atomic mass is 10.1. The smallest absolute Gasteiger partial charge is 0.343 e. The highest BCUT2D eigenvalue weighted by atomic mass is 16.6. The number of rotatable bonds is 4. The van der Waals surface area contributed by atoms with Crippen molar-refractivity contribution in [2.75, 3.05) is 7.11 Å². The first-order chi connectivity index (χ1) is 10.4. The van der Waals surface area contributed by atoms with Crippen LogP contribution in [0.4, 0.5) is 0 Å². The monoisotopic (exact) mass is 298 g/mol. The summed E-state index contributed by atoms with van der Waals surface area (Å²) in [5.41, 5.74) is 2.97. The highest BCUT2D eigenvalue weighted by molar-refractivity contribution is 5.95. The van der Waals surface area contributed by atoms with Crippen LogP contribution in [0.15, 0.2) is 36.4 Å². The summed E-state index contributed by atoms with van der Waals surface area (Å²) in [6, 6.07) is 10.3. The van der Waals surface area contributed by atoms with E-state index in [-0.39, 0.29) is 11.5 Å². The molecule has 0 radical (unpaired) electrons. The second kappa shape index (κ2) is 6.43. The largest absolute Gasteiger partial charge is 0.493 e. The first-order valence-electron chi connectivity index (χ1n) is 6.90. The molecule has 2 rings (SSSR count). The van der Waals surface area contributed by atoms with Crippen LogP contribution in [0, 0.1) is 13.8 Å². The average Bonchev–Trinajstić information content (AvgIpc) is 2.46. The SMILES string of the molecule is COc1cc(C(C)=O)ccc1OC(=O)c1cc(C)cc(C)c1. The summed E-state index contributed by atoms with van der Waals surface area (Å²) in [4.78, 5) is 23.6. The lowest BCUT2D eigenvalue weighted by Crippen LogP contribution is -2.10. The van der Waals surface area contributed by atoms with E-state index in [9.17, 15) is 9.59 Å². The molecule has 0 aliphatic rings. The van der Waals surface area contributed by atoms with Gasteiger partial charge in [0.25, 0.3) is 0 Å². The van der Waals surface area contributed by atoms with Crippen molar-refractivity contribution in [2.24, 2.45) is 0 Å². The number of aryl methyl sites for hydroxylation is 2. The third-order valence-corrected chi connectivity index (χ3v) is 3.23. The molecule has 0 bridgehead atoms. The molecule has 0 aliphatic carbocycles. The second-order valence-electron chi connectivity index (χ2n) is 5.19. The molecule has 0 fully saturated rings. The summed E-state index contributed by atoms with van der Waals surface area (Å²) in [5.74, 6) is 0.105. The highest BCUT2D eigenvalue weighted by Gasteiger charge is 2.14. The molecule has 0 heterocycles. The summed E-state index contributed by atoms with van der Waals surface area (Å²) in [6.45, 7) is 5.31. The zero-order valence-corrected chi connectivity index (χ0v) is 13.1. The molecule has 0 spiro atoms. The van der Waals surface area contributed by atoms with E-state index in [1.807, 2.05) is 19.9 Å². The molecule has 2 aromatic rings. The van der Waals surface area contributed by atoms with Crippen molar-refractivity contribution < 1.29 is 19.1 Å². The summed E-state index contributed by atoms with van der Waals surface area (Å²) >= 11 is 0. The van der Waals surface area contributed by atoms with E-state index >= 15 is 0 Å². The fraction of sp³-hybridized carbons (Fsp3) is 0.222. The van der Waals surface area contributed by atoms with E-state index in [1.54, 1.807) is 30.3 Å². The Hall–Kier alpha value is -2.62. The third kappa shape index (κ3) is 3.52. The molecule has 0 saturated carbocycles. The maximum atomic E-state index is 12.3. The normalized spacial score (nSPS) is 10.2. The van der Waals surface area contributed by atoms with E-state index in [0.29, 0.717) is 16.9 Å². The maximum absolute atomic E-state index is 12.3. The minimum Gasteiger partial charge on any atom is -0.493 e. The van der Waals surface area contributed by atoms with Crippen molar-refractivity contribution in [3.8, 4) is 11.5 Å². The van der Waals surface area contributed by atoms with E-state index < -0.39 is 5.97 Å². The van der Waals surface area contributed by atoms with Crippen LogP contribution in [0.3, 0.4) is 0 Å². The highest BCUT2D eigenvalue weighted by Crippen LogP contribution is 2.29. The fourth-order valence-corrected chi connectivity index (χ4v) is 2.22. The third-order valence-electron chi connectivity index (χ3n) is 3.23. The van der Waals surface area contributed by atoms with E-state index in [0.717, 1.165) is 11.1 Å². The van der Waals surface area contributed by atoms with E-state index in [1.165, 1.54) is 14.0 Å². The van der Waals surface area contributed by atoms with Gasteiger partial charge in [0.05, 0.1) is 12.7 Å². The molecule has 0 saturated heterocycles. The molecule has 0 aromatic heterocycles. The molecular formula is C18H18O4. The number of esters is 1. The lowest BCUT2D eigenvalue weighted by molar-refractivity contribution is 0.0729. The van der Waals surface area contributed by atoms with Gasteiger partial charge in [0.1, 0.15) is 0 Å². The van der Waals surface area contributed by atoms with Gasteiger partial charge in [-0.1, -0.05) is 17.2 Å². The van der Waals surface area contributed by atoms with Crippen LogP contribution in [0.5, 0.6) is 11.5 Å². The van der Waals surface area contributed by atoms with Gasteiger partial charge < -0.3 is 9.47 Å². The van der Waals surface area contributed by atoms with Crippen LogP contribution in [-0.2, 0) is 0 Å². The maximum Gasteiger partial charge on any atom is 0.343 e. The Balaban J connectivity index is 2.29. The Morgan fingerprint density at radius 2 is 1.50 bits per heavy atom. The first-order valence-corrected chi connectivity index (χ1v) is 6.90. The number of hydrogen-bond acceptors (Lipinski definition) is 4. The standard InChI is InChI=1S/C18H18O4/c1-11-7-12(2)9-15(8-11)18(20)22-16-6-5-14(13(3)19)10-17(16)21-4/h5-10H,1-4H3. The van der Waals surface area contributed by atoms with Gasteiger partial charge in [-0.3, -0.25) is 4.79 Å². The van der Waals surface area contributed by atoms with Gasteiger partial charge >= 0.3 is 5.97 Å². The summed E-state index contributed by atoms with van der Waals surface area (Å²) in [7, 11) is 1.47. The minimum absolute atomic E-state index is 0.0783. The predicted octanol–water partition coefficient (Wildman–Crippen LogP) is 3.73. The van der Waals surface area contributed by atoms with E-state index in [2.05, 4.69) is 0 Å². The molecule has 0 atom stereocenters. The number of methoxy groups -OCH3 is 1. The van der Waals surface area contributed by atoms with Crippen molar-refractivity contribution in [1.82, 2.24) is 0 Å². The molecule has 2 aromatic carbocycles. The summed E-state index contributed by atoms with van der Waals surface area (Å²) in [6.07, 6.45) is 0. The minimum atomic E-state index is -0.458. The molecule has 0 aliphatic heterocycles. The van der Waals surface area contributed by atoms with Gasteiger partial charge in [-0.15, -0.1) is 0 Å².